The summed E-state index contributed by atoms with van der Waals surface area (Å²) in [6.07, 6.45) is -0.624. The van der Waals surface area contributed by atoms with Crippen LogP contribution in [-0.2, 0) is 21.0 Å². The van der Waals surface area contributed by atoms with Gasteiger partial charge >= 0.3 is 6.18 Å². The molecule has 0 aromatic heterocycles. The Bertz CT molecular complexity index is 1490. The van der Waals surface area contributed by atoms with E-state index in [4.69, 9.17) is 4.74 Å². The van der Waals surface area contributed by atoms with Crippen molar-refractivity contribution < 1.29 is 31.1 Å². The highest BCUT2D eigenvalue weighted by Gasteiger charge is 2.35. The van der Waals surface area contributed by atoms with Gasteiger partial charge in [0.25, 0.3) is 10.0 Å². The highest BCUT2D eigenvalue weighted by Crippen LogP contribution is 2.35. The van der Waals surface area contributed by atoms with Gasteiger partial charge in [0, 0.05) is 32.7 Å². The molecular formula is C30H32F3N3O4S. The summed E-state index contributed by atoms with van der Waals surface area (Å²) in [4.78, 5) is 16.9. The Balaban J connectivity index is 1.54. The van der Waals surface area contributed by atoms with Gasteiger partial charge in [-0.2, -0.15) is 13.2 Å². The number of aryl methyl sites for hydroxylation is 1. The fraction of sp³-hybridized carbons (Fsp3) is 0.300. The smallest absolute Gasteiger partial charge is 0.416 e. The number of amides is 1. The molecule has 0 N–H and O–H groups in total. The van der Waals surface area contributed by atoms with Gasteiger partial charge in [-0.25, -0.2) is 8.42 Å². The standard InChI is InChI=1S/C30H32F3N3O4S/c1-23-13-14-27(40-2)28(20-23)41(38,39)36(26-12-6-11-25(21-26)30(31,32)33)22-29(37)35-18-16-34(17-19-35)15-7-10-24-8-4-3-5-9-24/h3-14,20-21H,15-19,22H2,1-2H3/b10-7+. The van der Waals surface area contributed by atoms with Crippen LogP contribution in [0.5, 0.6) is 5.75 Å². The van der Waals surface area contributed by atoms with E-state index in [1.165, 1.54) is 25.3 Å². The molecule has 0 radical (unpaired) electrons. The van der Waals surface area contributed by atoms with Crippen molar-refractivity contribution in [1.82, 2.24) is 9.80 Å². The van der Waals surface area contributed by atoms with Crippen molar-refractivity contribution >= 4 is 27.7 Å². The Hall–Kier alpha value is -3.83. The molecule has 0 bridgehead atoms. The van der Waals surface area contributed by atoms with Gasteiger partial charge in [0.1, 0.15) is 17.2 Å². The summed E-state index contributed by atoms with van der Waals surface area (Å²) in [6, 6.07) is 18.4. The lowest BCUT2D eigenvalue weighted by atomic mass is 10.2. The number of carbonyl (C=O) groups is 1. The normalized spacial score (nSPS) is 14.8. The number of anilines is 1. The quantitative estimate of drug-likeness (QED) is 0.350. The zero-order valence-electron chi connectivity index (χ0n) is 22.8. The maximum Gasteiger partial charge on any atom is 0.416 e. The molecule has 1 heterocycles. The first kappa shape index (κ1) is 30.1. The second-order valence-corrected chi connectivity index (χ2v) is 11.5. The minimum Gasteiger partial charge on any atom is -0.495 e. The molecule has 0 spiro atoms. The van der Waals surface area contributed by atoms with Crippen molar-refractivity contribution in [3.05, 3.63) is 95.6 Å². The van der Waals surface area contributed by atoms with Crippen molar-refractivity contribution in [1.29, 1.82) is 0 Å². The van der Waals surface area contributed by atoms with Gasteiger partial charge in [-0.05, 0) is 48.4 Å². The number of hydrogen-bond acceptors (Lipinski definition) is 5. The van der Waals surface area contributed by atoms with Crippen LogP contribution in [0.3, 0.4) is 0 Å². The van der Waals surface area contributed by atoms with E-state index in [9.17, 15) is 26.4 Å². The molecule has 0 atom stereocenters. The maximum absolute atomic E-state index is 13.9. The average Bonchev–Trinajstić information content (AvgIpc) is 2.96. The molecule has 0 saturated carbocycles. The van der Waals surface area contributed by atoms with Crippen molar-refractivity contribution in [3.8, 4) is 5.75 Å². The molecule has 1 amide bonds. The van der Waals surface area contributed by atoms with E-state index in [1.807, 2.05) is 42.5 Å². The third kappa shape index (κ3) is 7.47. The number of methoxy groups -OCH3 is 1. The van der Waals surface area contributed by atoms with Crippen LogP contribution in [0.1, 0.15) is 16.7 Å². The minimum atomic E-state index is -4.69. The van der Waals surface area contributed by atoms with Crippen molar-refractivity contribution in [2.75, 3.05) is 50.7 Å². The molecule has 0 unspecified atom stereocenters. The first-order valence-corrected chi connectivity index (χ1v) is 14.5. The monoisotopic (exact) mass is 587 g/mol. The molecule has 1 fully saturated rings. The van der Waals surface area contributed by atoms with Crippen LogP contribution >= 0.6 is 0 Å². The highest BCUT2D eigenvalue weighted by molar-refractivity contribution is 7.93. The molecule has 1 aliphatic rings. The fourth-order valence-corrected chi connectivity index (χ4v) is 6.21. The largest absolute Gasteiger partial charge is 0.495 e. The molecule has 11 heteroatoms. The molecule has 41 heavy (non-hydrogen) atoms. The molecule has 4 rings (SSSR count). The number of ether oxygens (including phenoxy) is 1. The third-order valence-electron chi connectivity index (χ3n) is 6.83. The number of hydrogen-bond donors (Lipinski definition) is 0. The Morgan fingerprint density at radius 1 is 0.976 bits per heavy atom. The number of benzene rings is 3. The number of piperazine rings is 1. The number of halogens is 3. The van der Waals surface area contributed by atoms with Crippen molar-refractivity contribution in [2.24, 2.45) is 0 Å². The summed E-state index contributed by atoms with van der Waals surface area (Å²) in [5, 5.41) is 0. The van der Waals surface area contributed by atoms with E-state index >= 15 is 0 Å². The van der Waals surface area contributed by atoms with E-state index in [-0.39, 0.29) is 16.3 Å². The maximum atomic E-state index is 13.9. The van der Waals surface area contributed by atoms with Crippen LogP contribution in [0.4, 0.5) is 18.9 Å². The topological polar surface area (TPSA) is 70.2 Å². The van der Waals surface area contributed by atoms with Crippen molar-refractivity contribution in [3.63, 3.8) is 0 Å². The van der Waals surface area contributed by atoms with Crippen molar-refractivity contribution in [2.45, 2.75) is 18.0 Å². The lowest BCUT2D eigenvalue weighted by Crippen LogP contribution is -2.51. The second kappa shape index (κ2) is 12.8. The number of carbonyl (C=O) groups excluding carboxylic acids is 1. The van der Waals surface area contributed by atoms with Crippen LogP contribution in [0.25, 0.3) is 6.08 Å². The molecule has 3 aromatic rings. The number of sulfonamides is 1. The number of alkyl halides is 3. The third-order valence-corrected chi connectivity index (χ3v) is 8.62. The van der Waals surface area contributed by atoms with Crippen LogP contribution in [-0.4, -0.2) is 70.5 Å². The van der Waals surface area contributed by atoms with Crippen LogP contribution in [0.2, 0.25) is 0 Å². The lowest BCUT2D eigenvalue weighted by Gasteiger charge is -2.35. The SMILES string of the molecule is COc1ccc(C)cc1S(=O)(=O)N(CC(=O)N1CCN(C/C=C/c2ccccc2)CC1)c1cccc(C(F)(F)F)c1. The first-order valence-electron chi connectivity index (χ1n) is 13.1. The molecule has 218 valence electrons. The predicted molar refractivity (Wildman–Crippen MR) is 152 cm³/mol. The number of nitrogens with zero attached hydrogens (tertiary/aromatic N) is 3. The van der Waals surface area contributed by atoms with E-state index in [1.54, 1.807) is 17.9 Å². The lowest BCUT2D eigenvalue weighted by molar-refractivity contribution is -0.137. The van der Waals surface area contributed by atoms with Crippen LogP contribution in [0, 0.1) is 6.92 Å². The van der Waals surface area contributed by atoms with Gasteiger partial charge in [0.05, 0.1) is 18.4 Å². The Kier molecular flexibility index (Phi) is 9.39. The molecule has 1 aliphatic heterocycles. The van der Waals surface area contributed by atoms with Crippen LogP contribution < -0.4 is 9.04 Å². The van der Waals surface area contributed by atoms with E-state index in [2.05, 4.69) is 4.90 Å². The average molecular weight is 588 g/mol. The van der Waals surface area contributed by atoms with Gasteiger partial charge < -0.3 is 9.64 Å². The molecule has 7 nitrogen and oxygen atoms in total. The van der Waals surface area contributed by atoms with Gasteiger partial charge in [-0.15, -0.1) is 0 Å². The minimum absolute atomic E-state index is 0.0252. The fourth-order valence-electron chi connectivity index (χ4n) is 4.56. The van der Waals surface area contributed by atoms with E-state index < -0.39 is 34.2 Å². The van der Waals surface area contributed by atoms with Gasteiger partial charge in [-0.3, -0.25) is 14.0 Å². The Labute approximate surface area is 238 Å². The highest BCUT2D eigenvalue weighted by atomic mass is 32.2. The molecular weight excluding hydrogens is 555 g/mol. The Morgan fingerprint density at radius 2 is 1.68 bits per heavy atom. The summed E-state index contributed by atoms with van der Waals surface area (Å²) in [6.45, 7) is 3.60. The van der Waals surface area contributed by atoms with Gasteiger partial charge in [-0.1, -0.05) is 54.6 Å². The van der Waals surface area contributed by atoms with Gasteiger partial charge in [0.2, 0.25) is 5.91 Å². The van der Waals surface area contributed by atoms with Crippen LogP contribution in [0.15, 0.2) is 83.8 Å². The summed E-state index contributed by atoms with van der Waals surface area (Å²) >= 11 is 0. The molecule has 3 aromatic carbocycles. The van der Waals surface area contributed by atoms with E-state index in [0.29, 0.717) is 38.3 Å². The Morgan fingerprint density at radius 3 is 2.34 bits per heavy atom. The summed E-state index contributed by atoms with van der Waals surface area (Å²) in [5.74, 6) is -0.478. The molecule has 1 saturated heterocycles. The van der Waals surface area contributed by atoms with Gasteiger partial charge in [0.15, 0.2) is 0 Å². The summed E-state index contributed by atoms with van der Waals surface area (Å²) in [5.41, 5.74) is 0.414. The zero-order chi connectivity index (χ0) is 29.6. The summed E-state index contributed by atoms with van der Waals surface area (Å²) < 4.78 is 74.4. The molecule has 0 aliphatic carbocycles. The first-order chi connectivity index (χ1) is 19.5. The van der Waals surface area contributed by atoms with E-state index in [0.717, 1.165) is 28.1 Å². The summed E-state index contributed by atoms with van der Waals surface area (Å²) in [7, 11) is -3.19. The second-order valence-electron chi connectivity index (χ2n) is 9.71. The predicted octanol–water partition coefficient (Wildman–Crippen LogP) is 5.08. The number of rotatable bonds is 9. The zero-order valence-corrected chi connectivity index (χ0v) is 23.7.